The van der Waals surface area contributed by atoms with Gasteiger partial charge in [0.15, 0.2) is 5.82 Å². The number of pyridine rings is 1. The van der Waals surface area contributed by atoms with E-state index in [4.69, 9.17) is 0 Å². The van der Waals surface area contributed by atoms with E-state index >= 15 is 0 Å². The second-order valence-corrected chi connectivity index (χ2v) is 6.10. The first-order valence-electron chi connectivity index (χ1n) is 8.23. The molecule has 138 valence electrons. The molecule has 3 aromatic rings. The van der Waals surface area contributed by atoms with Gasteiger partial charge in [0.2, 0.25) is 5.95 Å². The molecule has 0 saturated heterocycles. The first kappa shape index (κ1) is 18.2. The molecule has 7 nitrogen and oxygen atoms in total. The van der Waals surface area contributed by atoms with Gasteiger partial charge in [0.1, 0.15) is 5.82 Å². The molecule has 2 N–H and O–H groups in total. The van der Waals surface area contributed by atoms with E-state index in [1.54, 1.807) is 24.3 Å². The van der Waals surface area contributed by atoms with E-state index in [1.165, 1.54) is 12.3 Å². The molecule has 8 heteroatoms. The summed E-state index contributed by atoms with van der Waals surface area (Å²) in [6, 6.07) is 10.2. The Morgan fingerprint density at radius 2 is 1.78 bits per heavy atom. The predicted molar refractivity (Wildman–Crippen MR) is 103 cm³/mol. The predicted octanol–water partition coefficient (Wildman–Crippen LogP) is 3.38. The Hall–Kier alpha value is -3.55. The molecule has 0 unspecified atom stereocenters. The summed E-state index contributed by atoms with van der Waals surface area (Å²) in [4.78, 5) is 26.5. The number of amides is 1. The summed E-state index contributed by atoms with van der Waals surface area (Å²) in [7, 11) is 3.82. The van der Waals surface area contributed by atoms with Gasteiger partial charge in [-0.25, -0.2) is 9.37 Å². The number of carbonyl (C=O) groups excluding carboxylic acids is 1. The van der Waals surface area contributed by atoms with Crippen LogP contribution in [0.2, 0.25) is 0 Å². The van der Waals surface area contributed by atoms with Crippen molar-refractivity contribution in [3.8, 4) is 0 Å². The Balaban J connectivity index is 1.71. The quantitative estimate of drug-likeness (QED) is 0.720. The van der Waals surface area contributed by atoms with E-state index in [0.29, 0.717) is 11.6 Å². The molecule has 2 aromatic heterocycles. The molecule has 0 fully saturated rings. The minimum Gasteiger partial charge on any atom is -0.363 e. The molecule has 0 radical (unpaired) electrons. The first-order valence-corrected chi connectivity index (χ1v) is 8.23. The van der Waals surface area contributed by atoms with Gasteiger partial charge >= 0.3 is 0 Å². The van der Waals surface area contributed by atoms with Crippen LogP contribution in [0, 0.1) is 12.7 Å². The van der Waals surface area contributed by atoms with Crippen LogP contribution >= 0.6 is 0 Å². The summed E-state index contributed by atoms with van der Waals surface area (Å²) in [6.07, 6.45) is 2.38. The molecule has 3 rings (SSSR count). The second kappa shape index (κ2) is 7.77. The first-order chi connectivity index (χ1) is 12.9. The third-order valence-electron chi connectivity index (χ3n) is 3.71. The van der Waals surface area contributed by atoms with Crippen LogP contribution < -0.4 is 15.5 Å². The number of aromatic nitrogens is 3. The fourth-order valence-corrected chi connectivity index (χ4v) is 2.36. The zero-order chi connectivity index (χ0) is 19.4. The molecule has 0 bridgehead atoms. The van der Waals surface area contributed by atoms with Crippen LogP contribution in [0.3, 0.4) is 0 Å². The molecule has 0 aliphatic carbocycles. The Morgan fingerprint density at radius 3 is 2.44 bits per heavy atom. The lowest BCUT2D eigenvalue weighted by Crippen LogP contribution is -2.14. The van der Waals surface area contributed by atoms with E-state index in [0.717, 1.165) is 23.4 Å². The van der Waals surface area contributed by atoms with Gasteiger partial charge in [0, 0.05) is 43.4 Å². The van der Waals surface area contributed by atoms with Gasteiger partial charge in [-0.05, 0) is 37.3 Å². The molecule has 0 spiro atoms. The molecular weight excluding hydrogens is 347 g/mol. The van der Waals surface area contributed by atoms with Gasteiger partial charge in [-0.3, -0.25) is 9.78 Å². The van der Waals surface area contributed by atoms with Gasteiger partial charge in [-0.15, -0.1) is 0 Å². The smallest absolute Gasteiger partial charge is 0.258 e. The van der Waals surface area contributed by atoms with Crippen molar-refractivity contribution < 1.29 is 9.18 Å². The summed E-state index contributed by atoms with van der Waals surface area (Å²) < 4.78 is 13.6. The fourth-order valence-electron chi connectivity index (χ4n) is 2.36. The maximum Gasteiger partial charge on any atom is 0.258 e. The number of benzene rings is 1. The van der Waals surface area contributed by atoms with E-state index < -0.39 is 11.7 Å². The number of aryl methyl sites for hydroxylation is 1. The van der Waals surface area contributed by atoms with E-state index in [-0.39, 0.29) is 5.56 Å². The highest BCUT2D eigenvalue weighted by molar-refractivity contribution is 6.04. The molecule has 2 heterocycles. The number of carbonyl (C=O) groups is 1. The molecule has 0 atom stereocenters. The minimum atomic E-state index is -0.665. The third-order valence-corrected chi connectivity index (χ3v) is 3.71. The topological polar surface area (TPSA) is 83.0 Å². The summed E-state index contributed by atoms with van der Waals surface area (Å²) in [5, 5.41) is 5.78. The number of hydrogen-bond acceptors (Lipinski definition) is 6. The van der Waals surface area contributed by atoms with Crippen molar-refractivity contribution in [2.24, 2.45) is 0 Å². The lowest BCUT2D eigenvalue weighted by Gasteiger charge is -2.14. The number of nitrogens with one attached hydrogen (secondary N) is 2. The van der Waals surface area contributed by atoms with Gasteiger partial charge < -0.3 is 15.5 Å². The van der Waals surface area contributed by atoms with Crippen molar-refractivity contribution in [1.29, 1.82) is 0 Å². The Labute approximate surface area is 156 Å². The number of rotatable bonds is 5. The van der Waals surface area contributed by atoms with Crippen LogP contribution in [0.15, 0.2) is 48.8 Å². The van der Waals surface area contributed by atoms with Crippen LogP contribution in [0.1, 0.15) is 16.1 Å². The zero-order valence-corrected chi connectivity index (χ0v) is 15.2. The highest BCUT2D eigenvalue weighted by Crippen LogP contribution is 2.19. The van der Waals surface area contributed by atoms with E-state index in [9.17, 15) is 9.18 Å². The van der Waals surface area contributed by atoms with Gasteiger partial charge in [-0.2, -0.15) is 4.98 Å². The van der Waals surface area contributed by atoms with Gasteiger partial charge in [0.25, 0.3) is 5.91 Å². The maximum absolute atomic E-state index is 13.6. The van der Waals surface area contributed by atoms with Crippen LogP contribution in [-0.2, 0) is 0 Å². The standard InChI is InChI=1S/C19H19FN6O/c1-12-10-17(26(2)3)25-19(22-12)24-14-6-4-13(5-7-14)23-18(27)15-8-9-21-11-16(15)20/h4-11H,1-3H3,(H,23,27)(H,22,24,25). The molecular formula is C19H19FN6O. The normalized spacial score (nSPS) is 10.4. The average molecular weight is 366 g/mol. The number of anilines is 4. The van der Waals surface area contributed by atoms with Crippen molar-refractivity contribution in [3.63, 3.8) is 0 Å². The van der Waals surface area contributed by atoms with Gasteiger partial charge in [0.05, 0.1) is 11.8 Å². The highest BCUT2D eigenvalue weighted by Gasteiger charge is 2.11. The lowest BCUT2D eigenvalue weighted by molar-refractivity contribution is 0.102. The summed E-state index contributed by atoms with van der Waals surface area (Å²) in [6.45, 7) is 1.90. The molecule has 0 aliphatic heterocycles. The van der Waals surface area contributed by atoms with Gasteiger partial charge in [-0.1, -0.05) is 0 Å². The van der Waals surface area contributed by atoms with Crippen LogP contribution in [-0.4, -0.2) is 35.0 Å². The minimum absolute atomic E-state index is 0.0587. The molecule has 1 amide bonds. The Morgan fingerprint density at radius 1 is 1.07 bits per heavy atom. The van der Waals surface area contributed by atoms with E-state index in [2.05, 4.69) is 25.6 Å². The Bertz CT molecular complexity index is 959. The number of hydrogen-bond donors (Lipinski definition) is 2. The summed E-state index contributed by atoms with van der Waals surface area (Å²) in [5.41, 5.74) is 2.09. The van der Waals surface area contributed by atoms with Crippen molar-refractivity contribution in [1.82, 2.24) is 15.0 Å². The number of halogens is 1. The van der Waals surface area contributed by atoms with E-state index in [1.807, 2.05) is 32.0 Å². The lowest BCUT2D eigenvalue weighted by atomic mass is 10.2. The van der Waals surface area contributed by atoms with Crippen molar-refractivity contribution in [2.75, 3.05) is 29.6 Å². The maximum atomic E-state index is 13.6. The van der Waals surface area contributed by atoms with Crippen molar-refractivity contribution >= 4 is 29.0 Å². The largest absolute Gasteiger partial charge is 0.363 e. The average Bonchev–Trinajstić information content (AvgIpc) is 2.63. The summed E-state index contributed by atoms with van der Waals surface area (Å²) >= 11 is 0. The summed E-state index contributed by atoms with van der Waals surface area (Å²) in [5.74, 6) is 0.0810. The molecule has 27 heavy (non-hydrogen) atoms. The zero-order valence-electron chi connectivity index (χ0n) is 15.2. The van der Waals surface area contributed by atoms with Crippen LogP contribution in [0.5, 0.6) is 0 Å². The monoisotopic (exact) mass is 366 g/mol. The third kappa shape index (κ3) is 4.55. The molecule has 1 aromatic carbocycles. The SMILES string of the molecule is Cc1cc(N(C)C)nc(Nc2ccc(NC(=O)c3ccncc3F)cc2)n1. The van der Waals surface area contributed by atoms with Crippen molar-refractivity contribution in [3.05, 3.63) is 65.9 Å². The second-order valence-electron chi connectivity index (χ2n) is 6.10. The highest BCUT2D eigenvalue weighted by atomic mass is 19.1. The number of nitrogens with zero attached hydrogens (tertiary/aromatic N) is 4. The van der Waals surface area contributed by atoms with Crippen LogP contribution in [0.4, 0.5) is 27.5 Å². The fraction of sp³-hybridized carbons (Fsp3) is 0.158. The van der Waals surface area contributed by atoms with Crippen molar-refractivity contribution in [2.45, 2.75) is 6.92 Å². The Kier molecular flexibility index (Phi) is 5.25. The van der Waals surface area contributed by atoms with Crippen LogP contribution in [0.25, 0.3) is 0 Å². The molecule has 0 saturated carbocycles. The molecule has 0 aliphatic rings.